The maximum absolute atomic E-state index is 15.3. The van der Waals surface area contributed by atoms with Crippen molar-refractivity contribution in [3.05, 3.63) is 82.7 Å². The Bertz CT molecular complexity index is 1170. The van der Waals surface area contributed by atoms with Crippen molar-refractivity contribution in [3.63, 3.8) is 0 Å². The number of halogens is 1. The van der Waals surface area contributed by atoms with Crippen molar-refractivity contribution in [2.24, 2.45) is 11.8 Å². The minimum absolute atomic E-state index is 0.200. The molecule has 1 heteroatoms. The molecule has 0 aliphatic heterocycles. The molecule has 3 aromatic rings. The first-order valence-corrected chi connectivity index (χ1v) is 15.0. The van der Waals surface area contributed by atoms with Gasteiger partial charge in [-0.05, 0) is 72.2 Å². The zero-order chi connectivity index (χ0) is 25.9. The van der Waals surface area contributed by atoms with Gasteiger partial charge in [-0.3, -0.25) is 0 Å². The van der Waals surface area contributed by atoms with E-state index < -0.39 is 0 Å². The Morgan fingerprint density at radius 1 is 0.676 bits per heavy atom. The van der Waals surface area contributed by atoms with Crippen LogP contribution >= 0.6 is 0 Å². The van der Waals surface area contributed by atoms with Crippen molar-refractivity contribution in [1.82, 2.24) is 0 Å². The van der Waals surface area contributed by atoms with Gasteiger partial charge in [0.2, 0.25) is 0 Å². The molecule has 4 rings (SSSR count). The standard InChI is InChI=1S/C36H45F/c1-3-5-7-8-10-29-13-17-31(18-14-29)21-23-33-24-25-34-27-32(22-26-35(34)36(33)37)20-19-30-15-11-28(12-16-30)9-6-4-2/h13-14,17-18,22,24-28,30H,3-12,15-16,19-20H2,1-2H3. The van der Waals surface area contributed by atoms with Crippen LogP contribution in [0.15, 0.2) is 54.6 Å². The van der Waals surface area contributed by atoms with Gasteiger partial charge in [-0.2, -0.15) is 0 Å². The van der Waals surface area contributed by atoms with Crippen molar-refractivity contribution < 1.29 is 4.39 Å². The highest BCUT2D eigenvalue weighted by atomic mass is 19.1. The molecule has 37 heavy (non-hydrogen) atoms. The number of unbranched alkanes of at least 4 members (excludes halogenated alkanes) is 4. The molecule has 0 amide bonds. The first-order chi connectivity index (χ1) is 18.2. The summed E-state index contributed by atoms with van der Waals surface area (Å²) < 4.78 is 15.3. The molecule has 0 atom stereocenters. The number of benzene rings is 3. The highest BCUT2D eigenvalue weighted by Crippen LogP contribution is 2.34. The van der Waals surface area contributed by atoms with Gasteiger partial charge >= 0.3 is 0 Å². The maximum Gasteiger partial charge on any atom is 0.146 e. The number of fused-ring (bicyclic) bond motifs is 1. The fourth-order valence-electron chi connectivity index (χ4n) is 5.92. The van der Waals surface area contributed by atoms with Gasteiger partial charge < -0.3 is 0 Å². The van der Waals surface area contributed by atoms with E-state index in [-0.39, 0.29) is 5.82 Å². The lowest BCUT2D eigenvalue weighted by molar-refractivity contribution is 0.250. The molecular weight excluding hydrogens is 451 g/mol. The first kappa shape index (κ1) is 27.4. The zero-order valence-electron chi connectivity index (χ0n) is 23.1. The molecule has 3 aromatic carbocycles. The second kappa shape index (κ2) is 14.4. The summed E-state index contributed by atoms with van der Waals surface area (Å²) in [6.45, 7) is 4.54. The predicted molar refractivity (Wildman–Crippen MR) is 157 cm³/mol. The number of aryl methyl sites for hydroxylation is 2. The van der Waals surface area contributed by atoms with Crippen LogP contribution in [-0.2, 0) is 12.8 Å². The summed E-state index contributed by atoms with van der Waals surface area (Å²) >= 11 is 0. The highest BCUT2D eigenvalue weighted by molar-refractivity contribution is 5.85. The SMILES string of the molecule is CCCCCCc1ccc(C#Cc2ccc3cc(CCC4CCC(CCCC)CC4)ccc3c2F)cc1. The Labute approximate surface area is 225 Å². The van der Waals surface area contributed by atoms with Crippen LogP contribution in [0.1, 0.15) is 113 Å². The summed E-state index contributed by atoms with van der Waals surface area (Å²) in [7, 11) is 0. The minimum Gasteiger partial charge on any atom is -0.205 e. The number of hydrogen-bond donors (Lipinski definition) is 0. The van der Waals surface area contributed by atoms with E-state index >= 15 is 4.39 Å². The molecule has 0 N–H and O–H groups in total. The van der Waals surface area contributed by atoms with Crippen molar-refractivity contribution >= 4 is 10.8 Å². The van der Waals surface area contributed by atoms with Crippen molar-refractivity contribution in [2.75, 3.05) is 0 Å². The summed E-state index contributed by atoms with van der Waals surface area (Å²) in [6.07, 6.45) is 18.3. The molecule has 0 bridgehead atoms. The number of rotatable bonds is 11. The van der Waals surface area contributed by atoms with Gasteiger partial charge in [-0.1, -0.05) is 126 Å². The Morgan fingerprint density at radius 3 is 2.11 bits per heavy atom. The average Bonchev–Trinajstić information content (AvgIpc) is 2.94. The van der Waals surface area contributed by atoms with E-state index in [0.717, 1.165) is 35.6 Å². The second-order valence-corrected chi connectivity index (χ2v) is 11.3. The Morgan fingerprint density at radius 2 is 1.38 bits per heavy atom. The molecule has 0 saturated heterocycles. The largest absolute Gasteiger partial charge is 0.205 e. The van der Waals surface area contributed by atoms with E-state index in [1.165, 1.54) is 88.2 Å². The molecule has 0 nitrogen and oxygen atoms in total. The Hall–Kier alpha value is -2.59. The van der Waals surface area contributed by atoms with Gasteiger partial charge in [0.05, 0.1) is 5.56 Å². The molecule has 0 spiro atoms. The summed E-state index contributed by atoms with van der Waals surface area (Å²) in [6, 6.07) is 18.6. The molecule has 0 heterocycles. The van der Waals surface area contributed by atoms with Crippen LogP contribution in [-0.4, -0.2) is 0 Å². The lowest BCUT2D eigenvalue weighted by Gasteiger charge is -2.28. The lowest BCUT2D eigenvalue weighted by Crippen LogP contribution is -2.15. The van der Waals surface area contributed by atoms with Crippen LogP contribution in [0, 0.1) is 29.5 Å². The molecule has 196 valence electrons. The topological polar surface area (TPSA) is 0 Å². The summed E-state index contributed by atoms with van der Waals surface area (Å²) in [5, 5.41) is 1.66. The summed E-state index contributed by atoms with van der Waals surface area (Å²) in [5.41, 5.74) is 4.10. The van der Waals surface area contributed by atoms with Crippen LogP contribution in [0.4, 0.5) is 4.39 Å². The molecule has 1 aliphatic rings. The van der Waals surface area contributed by atoms with Gasteiger partial charge in [0.15, 0.2) is 0 Å². The third kappa shape index (κ3) is 8.20. The van der Waals surface area contributed by atoms with Gasteiger partial charge in [0.25, 0.3) is 0 Å². The van der Waals surface area contributed by atoms with Gasteiger partial charge in [-0.25, -0.2) is 4.39 Å². The molecule has 1 saturated carbocycles. The second-order valence-electron chi connectivity index (χ2n) is 11.3. The van der Waals surface area contributed by atoms with Gasteiger partial charge in [0, 0.05) is 10.9 Å². The Balaban J connectivity index is 1.33. The van der Waals surface area contributed by atoms with E-state index in [9.17, 15) is 0 Å². The molecule has 1 aliphatic carbocycles. The minimum atomic E-state index is -0.200. The molecular formula is C36H45F. The Kier molecular flexibility index (Phi) is 10.7. The third-order valence-corrected chi connectivity index (χ3v) is 8.41. The van der Waals surface area contributed by atoms with Crippen LogP contribution in [0.5, 0.6) is 0 Å². The van der Waals surface area contributed by atoms with Gasteiger partial charge in [0.1, 0.15) is 5.82 Å². The van der Waals surface area contributed by atoms with Crippen LogP contribution in [0.25, 0.3) is 10.8 Å². The van der Waals surface area contributed by atoms with Crippen molar-refractivity contribution in [1.29, 1.82) is 0 Å². The van der Waals surface area contributed by atoms with Crippen LogP contribution in [0.3, 0.4) is 0 Å². The van der Waals surface area contributed by atoms with E-state index in [4.69, 9.17) is 0 Å². The normalized spacial score (nSPS) is 17.5. The van der Waals surface area contributed by atoms with Crippen molar-refractivity contribution in [2.45, 2.75) is 104 Å². The van der Waals surface area contributed by atoms with E-state index in [1.54, 1.807) is 0 Å². The third-order valence-electron chi connectivity index (χ3n) is 8.41. The van der Waals surface area contributed by atoms with E-state index in [1.807, 2.05) is 18.2 Å². The van der Waals surface area contributed by atoms with Crippen molar-refractivity contribution in [3.8, 4) is 11.8 Å². The molecule has 0 radical (unpaired) electrons. The summed E-state index contributed by atoms with van der Waals surface area (Å²) in [5.74, 6) is 7.87. The lowest BCUT2D eigenvalue weighted by atomic mass is 9.78. The van der Waals surface area contributed by atoms with E-state index in [2.05, 4.69) is 62.1 Å². The van der Waals surface area contributed by atoms with Crippen LogP contribution < -0.4 is 0 Å². The average molecular weight is 497 g/mol. The number of hydrogen-bond acceptors (Lipinski definition) is 0. The highest BCUT2D eigenvalue weighted by Gasteiger charge is 2.20. The maximum atomic E-state index is 15.3. The fourth-order valence-corrected chi connectivity index (χ4v) is 5.92. The monoisotopic (exact) mass is 496 g/mol. The quantitative estimate of drug-likeness (QED) is 0.183. The molecule has 0 aromatic heterocycles. The molecule has 0 unspecified atom stereocenters. The smallest absolute Gasteiger partial charge is 0.146 e. The van der Waals surface area contributed by atoms with Crippen LogP contribution in [0.2, 0.25) is 0 Å². The summed E-state index contributed by atoms with van der Waals surface area (Å²) in [4.78, 5) is 0. The zero-order valence-corrected chi connectivity index (χ0v) is 23.1. The van der Waals surface area contributed by atoms with Gasteiger partial charge in [-0.15, -0.1) is 0 Å². The van der Waals surface area contributed by atoms with E-state index in [0.29, 0.717) is 10.9 Å². The first-order valence-electron chi connectivity index (χ1n) is 15.0. The fraction of sp³-hybridized carbons (Fsp3) is 0.500. The molecule has 1 fully saturated rings. The predicted octanol–water partition coefficient (Wildman–Crippen LogP) is 10.4.